The summed E-state index contributed by atoms with van der Waals surface area (Å²) in [4.78, 5) is 24.9. The summed E-state index contributed by atoms with van der Waals surface area (Å²) in [6, 6.07) is 8.01. The van der Waals surface area contributed by atoms with E-state index in [4.69, 9.17) is 4.84 Å². The Morgan fingerprint density at radius 1 is 1.05 bits per heavy atom. The zero-order valence-corrected chi connectivity index (χ0v) is 20.7. The number of hydrogen-bond donors (Lipinski definition) is 1. The van der Waals surface area contributed by atoms with Crippen LogP contribution in [0.5, 0.6) is 0 Å². The van der Waals surface area contributed by atoms with Crippen LogP contribution in [0.15, 0.2) is 53.8 Å². The van der Waals surface area contributed by atoms with Crippen LogP contribution in [-0.4, -0.2) is 65.7 Å². The molecule has 12 heteroatoms. The van der Waals surface area contributed by atoms with Gasteiger partial charge in [-0.1, -0.05) is 23.4 Å². The average molecular weight is 541 g/mol. The number of piperazine rings is 1. The fourth-order valence-electron chi connectivity index (χ4n) is 4.81. The number of alkyl halides is 6. The molecule has 1 saturated heterocycles. The number of aromatic nitrogens is 1. The van der Waals surface area contributed by atoms with Crippen molar-refractivity contribution in [3.8, 4) is 0 Å². The number of nitrogens with one attached hydrogen (secondary N) is 1. The van der Waals surface area contributed by atoms with Gasteiger partial charge in [0, 0.05) is 54.9 Å². The van der Waals surface area contributed by atoms with E-state index < -0.39 is 41.0 Å². The van der Waals surface area contributed by atoms with Crippen molar-refractivity contribution in [3.05, 3.63) is 70.9 Å². The topological polar surface area (TPSA) is 60.9 Å². The number of nitrogens with zero attached hydrogens (tertiary/aromatic N) is 3. The SMILES string of the molecule is CO/N=C(/C)CN1CCN(C(=O)c2cc(C(F)(F)F)cc(C(F)(F)F)c2)[C@H](Cc2c[nH]c3ccccc23)C1. The van der Waals surface area contributed by atoms with Gasteiger partial charge in [-0.2, -0.15) is 26.3 Å². The fraction of sp³-hybridized carbons (Fsp3) is 0.385. The highest BCUT2D eigenvalue weighted by atomic mass is 19.4. The number of fused-ring (bicyclic) bond motifs is 1. The van der Waals surface area contributed by atoms with Crippen molar-refractivity contribution in [2.75, 3.05) is 33.3 Å². The minimum atomic E-state index is -5.05. The number of amides is 1. The van der Waals surface area contributed by atoms with Crippen LogP contribution in [0, 0.1) is 0 Å². The van der Waals surface area contributed by atoms with E-state index in [1.54, 1.807) is 13.1 Å². The molecule has 1 atom stereocenters. The molecule has 204 valence electrons. The number of para-hydroxylation sites is 1. The zero-order chi connectivity index (χ0) is 27.7. The molecule has 1 aliphatic heterocycles. The second-order valence-corrected chi connectivity index (χ2v) is 9.25. The predicted molar refractivity (Wildman–Crippen MR) is 130 cm³/mol. The summed E-state index contributed by atoms with van der Waals surface area (Å²) < 4.78 is 80.6. The van der Waals surface area contributed by atoms with Gasteiger partial charge in [-0.15, -0.1) is 0 Å². The largest absolute Gasteiger partial charge is 0.416 e. The molecule has 3 aromatic rings. The lowest BCUT2D eigenvalue weighted by Crippen LogP contribution is -2.56. The third kappa shape index (κ3) is 6.12. The Morgan fingerprint density at radius 2 is 1.71 bits per heavy atom. The molecule has 38 heavy (non-hydrogen) atoms. The highest BCUT2D eigenvalue weighted by Gasteiger charge is 2.39. The van der Waals surface area contributed by atoms with E-state index in [-0.39, 0.29) is 12.6 Å². The molecule has 0 aliphatic carbocycles. The van der Waals surface area contributed by atoms with E-state index >= 15 is 0 Å². The molecule has 6 nitrogen and oxygen atoms in total. The van der Waals surface area contributed by atoms with Gasteiger partial charge >= 0.3 is 12.4 Å². The molecule has 1 aromatic heterocycles. The number of oxime groups is 1. The quantitative estimate of drug-likeness (QED) is 0.252. The maximum absolute atomic E-state index is 13.5. The van der Waals surface area contributed by atoms with Crippen LogP contribution in [0.1, 0.15) is 34.0 Å². The first-order valence-electron chi connectivity index (χ1n) is 11.8. The lowest BCUT2D eigenvalue weighted by atomic mass is 9.98. The van der Waals surface area contributed by atoms with Crippen molar-refractivity contribution in [2.24, 2.45) is 5.16 Å². The molecule has 0 radical (unpaired) electrons. The molecule has 0 bridgehead atoms. The van der Waals surface area contributed by atoms with E-state index in [2.05, 4.69) is 10.1 Å². The minimum absolute atomic E-state index is 0.0239. The van der Waals surface area contributed by atoms with E-state index in [0.29, 0.717) is 43.9 Å². The summed E-state index contributed by atoms with van der Waals surface area (Å²) in [5.74, 6) is -0.881. The minimum Gasteiger partial charge on any atom is -0.399 e. The van der Waals surface area contributed by atoms with Crippen molar-refractivity contribution in [3.63, 3.8) is 0 Å². The number of benzene rings is 2. The summed E-state index contributed by atoms with van der Waals surface area (Å²) in [5, 5.41) is 4.83. The molecule has 4 rings (SSSR count). The van der Waals surface area contributed by atoms with Crippen molar-refractivity contribution < 1.29 is 36.0 Å². The fourth-order valence-corrected chi connectivity index (χ4v) is 4.81. The van der Waals surface area contributed by atoms with Crippen LogP contribution >= 0.6 is 0 Å². The molecule has 1 fully saturated rings. The van der Waals surface area contributed by atoms with Gasteiger partial charge in [0.15, 0.2) is 0 Å². The lowest BCUT2D eigenvalue weighted by Gasteiger charge is -2.41. The van der Waals surface area contributed by atoms with Crippen LogP contribution in [0.2, 0.25) is 0 Å². The van der Waals surface area contributed by atoms with Gasteiger partial charge in [0.1, 0.15) is 7.11 Å². The summed E-state index contributed by atoms with van der Waals surface area (Å²) in [6.07, 6.45) is -7.94. The first-order valence-corrected chi connectivity index (χ1v) is 11.8. The maximum Gasteiger partial charge on any atom is 0.416 e. The van der Waals surface area contributed by atoms with Gasteiger partial charge in [-0.3, -0.25) is 9.69 Å². The van der Waals surface area contributed by atoms with Gasteiger partial charge in [0.05, 0.1) is 16.8 Å². The highest BCUT2D eigenvalue weighted by Crippen LogP contribution is 2.37. The molecular formula is C26H26F6N4O2. The number of carbonyl (C=O) groups is 1. The monoisotopic (exact) mass is 540 g/mol. The predicted octanol–water partition coefficient (Wildman–Crippen LogP) is 5.60. The van der Waals surface area contributed by atoms with E-state index in [1.807, 2.05) is 29.2 Å². The number of rotatable bonds is 6. The average Bonchev–Trinajstić information content (AvgIpc) is 3.25. The van der Waals surface area contributed by atoms with E-state index in [0.717, 1.165) is 16.5 Å². The number of carbonyl (C=O) groups excluding carboxylic acids is 1. The Hall–Kier alpha value is -3.54. The number of hydrogen-bond acceptors (Lipinski definition) is 4. The summed E-state index contributed by atoms with van der Waals surface area (Å²) >= 11 is 0. The Balaban J connectivity index is 1.69. The number of halogens is 6. The highest BCUT2D eigenvalue weighted by molar-refractivity contribution is 5.95. The molecule has 1 aliphatic rings. The number of aromatic amines is 1. The van der Waals surface area contributed by atoms with Crippen molar-refractivity contribution in [2.45, 2.75) is 31.7 Å². The first kappa shape index (κ1) is 27.5. The molecular weight excluding hydrogens is 514 g/mol. The van der Waals surface area contributed by atoms with Gasteiger partial charge in [-0.05, 0) is 43.2 Å². The maximum atomic E-state index is 13.5. The van der Waals surface area contributed by atoms with Gasteiger partial charge in [-0.25, -0.2) is 0 Å². The Morgan fingerprint density at radius 3 is 2.34 bits per heavy atom. The molecule has 0 spiro atoms. The van der Waals surface area contributed by atoms with Gasteiger partial charge < -0.3 is 14.7 Å². The van der Waals surface area contributed by atoms with Gasteiger partial charge in [0.2, 0.25) is 0 Å². The van der Waals surface area contributed by atoms with Crippen LogP contribution in [0.4, 0.5) is 26.3 Å². The Labute approximate surface area is 214 Å². The third-order valence-electron chi connectivity index (χ3n) is 6.49. The van der Waals surface area contributed by atoms with Gasteiger partial charge in [0.25, 0.3) is 5.91 Å². The third-order valence-corrected chi connectivity index (χ3v) is 6.49. The lowest BCUT2D eigenvalue weighted by molar-refractivity contribution is -0.143. The van der Waals surface area contributed by atoms with Crippen molar-refractivity contribution in [1.29, 1.82) is 0 Å². The zero-order valence-electron chi connectivity index (χ0n) is 20.7. The van der Waals surface area contributed by atoms with Crippen LogP contribution in [-0.2, 0) is 23.6 Å². The van der Waals surface area contributed by atoms with E-state index in [9.17, 15) is 31.1 Å². The van der Waals surface area contributed by atoms with Crippen molar-refractivity contribution >= 4 is 22.5 Å². The van der Waals surface area contributed by atoms with Crippen LogP contribution in [0.3, 0.4) is 0 Å². The normalized spacial score (nSPS) is 17.7. The molecule has 0 unspecified atom stereocenters. The van der Waals surface area contributed by atoms with Crippen molar-refractivity contribution in [1.82, 2.24) is 14.8 Å². The standard InChI is InChI=1S/C26H26F6N4O2/c1-16(34-38-2)14-35-7-8-36(21(15-35)11-18-13-33-23-6-4-3-5-22(18)23)24(37)17-9-19(25(27,28)29)12-20(10-17)26(30,31)32/h3-6,9-10,12-13,21,33H,7-8,11,14-15H2,1-2H3/b34-16-/t21-/m1/s1. The Kier molecular flexibility index (Phi) is 7.73. The van der Waals surface area contributed by atoms with E-state index in [1.165, 1.54) is 12.0 Å². The summed E-state index contributed by atoms with van der Waals surface area (Å²) in [6.45, 7) is 3.02. The second-order valence-electron chi connectivity index (χ2n) is 9.25. The molecule has 2 aromatic carbocycles. The second kappa shape index (κ2) is 10.7. The first-order chi connectivity index (χ1) is 17.9. The summed E-state index contributed by atoms with van der Waals surface area (Å²) in [5.41, 5.74) is -1.24. The number of H-pyrrole nitrogens is 1. The smallest absolute Gasteiger partial charge is 0.399 e. The van der Waals surface area contributed by atoms with Crippen LogP contribution < -0.4 is 0 Å². The summed E-state index contributed by atoms with van der Waals surface area (Å²) in [7, 11) is 1.42. The molecule has 1 amide bonds. The molecule has 1 N–H and O–H groups in total. The molecule has 0 saturated carbocycles. The van der Waals surface area contributed by atoms with Crippen LogP contribution in [0.25, 0.3) is 10.9 Å². The Bertz CT molecular complexity index is 1300. The molecule has 2 heterocycles.